The zero-order chi connectivity index (χ0) is 12.4. The lowest BCUT2D eigenvalue weighted by molar-refractivity contribution is 0.547. The molecular weight excluding hydrogens is 277 g/mol. The summed E-state index contributed by atoms with van der Waals surface area (Å²) in [5.74, 6) is 0. The van der Waals surface area contributed by atoms with Crippen LogP contribution >= 0.6 is 34.8 Å². The Hall–Kier alpha value is -0.630. The van der Waals surface area contributed by atoms with Crippen LogP contribution in [0.15, 0.2) is 36.7 Å². The molecule has 90 valence electrons. The van der Waals surface area contributed by atoms with Gasteiger partial charge in [0, 0.05) is 33.5 Å². The second-order valence-electron chi connectivity index (χ2n) is 4.03. The molecule has 0 saturated carbocycles. The topological polar surface area (TPSA) is 4.93 Å². The molecule has 2 rings (SSSR count). The van der Waals surface area contributed by atoms with Gasteiger partial charge in [-0.1, -0.05) is 34.8 Å². The van der Waals surface area contributed by atoms with E-state index in [4.69, 9.17) is 34.8 Å². The molecule has 1 heterocycles. The van der Waals surface area contributed by atoms with Crippen LogP contribution in [-0.4, -0.2) is 4.57 Å². The van der Waals surface area contributed by atoms with Crippen LogP contribution in [0.1, 0.15) is 18.5 Å². The minimum Gasteiger partial charge on any atom is -0.351 e. The van der Waals surface area contributed by atoms with Crippen LogP contribution in [0.3, 0.4) is 0 Å². The average molecular weight is 289 g/mol. The molecule has 0 saturated heterocycles. The number of rotatable bonds is 3. The number of aromatic nitrogens is 1. The molecule has 4 heteroatoms. The number of nitrogens with zero attached hydrogens (tertiary/aromatic N) is 1. The molecule has 1 aromatic heterocycles. The van der Waals surface area contributed by atoms with Gasteiger partial charge < -0.3 is 4.57 Å². The van der Waals surface area contributed by atoms with Gasteiger partial charge in [0.05, 0.1) is 0 Å². The fourth-order valence-corrected chi connectivity index (χ4v) is 2.78. The number of hydrogen-bond acceptors (Lipinski definition) is 0. The van der Waals surface area contributed by atoms with Gasteiger partial charge in [-0.05, 0) is 43.2 Å². The van der Waals surface area contributed by atoms with Crippen molar-refractivity contribution in [1.29, 1.82) is 0 Å². The number of hydrogen-bond donors (Lipinski definition) is 0. The van der Waals surface area contributed by atoms with Gasteiger partial charge in [-0.25, -0.2) is 0 Å². The van der Waals surface area contributed by atoms with E-state index in [1.807, 2.05) is 24.5 Å². The van der Waals surface area contributed by atoms with E-state index in [2.05, 4.69) is 11.5 Å². The van der Waals surface area contributed by atoms with E-state index in [-0.39, 0.29) is 0 Å². The van der Waals surface area contributed by atoms with E-state index in [1.165, 1.54) is 0 Å². The fourth-order valence-electron chi connectivity index (χ4n) is 1.81. The van der Waals surface area contributed by atoms with Gasteiger partial charge in [0.15, 0.2) is 0 Å². The maximum absolute atomic E-state index is 6.16. The molecule has 2 aromatic rings. The van der Waals surface area contributed by atoms with Crippen molar-refractivity contribution in [2.45, 2.75) is 19.4 Å². The summed E-state index contributed by atoms with van der Waals surface area (Å²) < 4.78 is 2.13. The Kier molecular flexibility index (Phi) is 4.03. The third kappa shape index (κ3) is 2.98. The van der Waals surface area contributed by atoms with Gasteiger partial charge in [-0.2, -0.15) is 0 Å². The van der Waals surface area contributed by atoms with E-state index >= 15 is 0 Å². The lowest BCUT2D eigenvalue weighted by atomic mass is 10.1. The Morgan fingerprint density at radius 1 is 1.06 bits per heavy atom. The standard InChI is InChI=1S/C13H12Cl3N/c1-9(17-4-2-3-5-17)6-11-12(15)7-10(14)8-13(11)16/h2-5,7-9H,6H2,1H3. The Balaban J connectivity index is 2.25. The second-order valence-corrected chi connectivity index (χ2v) is 5.28. The fraction of sp³-hybridized carbons (Fsp3) is 0.231. The van der Waals surface area contributed by atoms with E-state index in [0.717, 1.165) is 12.0 Å². The molecule has 0 fully saturated rings. The van der Waals surface area contributed by atoms with E-state index in [9.17, 15) is 0 Å². The van der Waals surface area contributed by atoms with Crippen molar-refractivity contribution in [3.05, 3.63) is 57.3 Å². The molecule has 1 aromatic carbocycles. The van der Waals surface area contributed by atoms with Gasteiger partial charge in [-0.15, -0.1) is 0 Å². The molecule has 0 N–H and O–H groups in total. The van der Waals surface area contributed by atoms with Gasteiger partial charge in [0.25, 0.3) is 0 Å². The van der Waals surface area contributed by atoms with Crippen molar-refractivity contribution in [2.24, 2.45) is 0 Å². The predicted octanol–water partition coefficient (Wildman–Crippen LogP) is 5.25. The molecule has 1 nitrogen and oxygen atoms in total. The molecule has 0 aliphatic rings. The second kappa shape index (κ2) is 5.34. The average Bonchev–Trinajstić information content (AvgIpc) is 2.76. The molecule has 0 aliphatic heterocycles. The van der Waals surface area contributed by atoms with Crippen molar-refractivity contribution in [3.63, 3.8) is 0 Å². The summed E-state index contributed by atoms with van der Waals surface area (Å²) in [4.78, 5) is 0. The van der Waals surface area contributed by atoms with E-state index in [1.54, 1.807) is 12.1 Å². The highest BCUT2D eigenvalue weighted by Crippen LogP contribution is 2.31. The largest absolute Gasteiger partial charge is 0.351 e. The molecule has 0 amide bonds. The normalized spacial score (nSPS) is 12.7. The number of benzene rings is 1. The summed E-state index contributed by atoms with van der Waals surface area (Å²) >= 11 is 18.2. The summed E-state index contributed by atoms with van der Waals surface area (Å²) in [7, 11) is 0. The molecule has 1 unspecified atom stereocenters. The summed E-state index contributed by atoms with van der Waals surface area (Å²) in [6.45, 7) is 2.13. The first-order chi connectivity index (χ1) is 8.08. The Morgan fingerprint density at radius 3 is 2.12 bits per heavy atom. The van der Waals surface area contributed by atoms with Crippen LogP contribution in [-0.2, 0) is 6.42 Å². The first-order valence-electron chi connectivity index (χ1n) is 5.34. The molecule has 1 atom stereocenters. The summed E-state index contributed by atoms with van der Waals surface area (Å²) in [6, 6.07) is 7.77. The van der Waals surface area contributed by atoms with Crippen molar-refractivity contribution < 1.29 is 0 Å². The van der Waals surface area contributed by atoms with Gasteiger partial charge in [0.1, 0.15) is 0 Å². The van der Waals surface area contributed by atoms with Gasteiger partial charge in [-0.3, -0.25) is 0 Å². The molecule has 0 spiro atoms. The number of halogens is 3. The Morgan fingerprint density at radius 2 is 1.59 bits per heavy atom. The third-order valence-corrected chi connectivity index (χ3v) is 3.63. The highest BCUT2D eigenvalue weighted by Gasteiger charge is 2.12. The first kappa shape index (κ1) is 12.8. The van der Waals surface area contributed by atoms with Crippen LogP contribution in [0.4, 0.5) is 0 Å². The quantitative estimate of drug-likeness (QED) is 0.727. The van der Waals surface area contributed by atoms with Crippen molar-refractivity contribution in [2.75, 3.05) is 0 Å². The molecular formula is C13H12Cl3N. The summed E-state index contributed by atoms with van der Waals surface area (Å²) in [5, 5.41) is 1.82. The lowest BCUT2D eigenvalue weighted by Gasteiger charge is -2.16. The first-order valence-corrected chi connectivity index (χ1v) is 6.47. The molecule has 17 heavy (non-hydrogen) atoms. The van der Waals surface area contributed by atoms with Gasteiger partial charge in [0.2, 0.25) is 0 Å². The maximum atomic E-state index is 6.16. The highest BCUT2D eigenvalue weighted by molar-refractivity contribution is 6.39. The third-order valence-electron chi connectivity index (χ3n) is 2.74. The zero-order valence-electron chi connectivity index (χ0n) is 9.33. The molecule has 0 aliphatic carbocycles. The van der Waals surface area contributed by atoms with Gasteiger partial charge >= 0.3 is 0 Å². The van der Waals surface area contributed by atoms with Crippen LogP contribution in [0, 0.1) is 0 Å². The Bertz CT molecular complexity index is 482. The monoisotopic (exact) mass is 287 g/mol. The maximum Gasteiger partial charge on any atom is 0.0468 e. The SMILES string of the molecule is CC(Cc1c(Cl)cc(Cl)cc1Cl)n1cccc1. The van der Waals surface area contributed by atoms with Crippen molar-refractivity contribution in [3.8, 4) is 0 Å². The summed E-state index contributed by atoms with van der Waals surface area (Å²) in [6.07, 6.45) is 4.84. The minimum atomic E-state index is 0.307. The highest BCUT2D eigenvalue weighted by atomic mass is 35.5. The van der Waals surface area contributed by atoms with Crippen LogP contribution < -0.4 is 0 Å². The van der Waals surface area contributed by atoms with Crippen LogP contribution in [0.25, 0.3) is 0 Å². The molecule has 0 radical (unpaired) electrons. The van der Waals surface area contributed by atoms with E-state index < -0.39 is 0 Å². The lowest BCUT2D eigenvalue weighted by Crippen LogP contribution is -2.06. The smallest absolute Gasteiger partial charge is 0.0468 e. The Labute approximate surface area is 116 Å². The zero-order valence-corrected chi connectivity index (χ0v) is 11.6. The van der Waals surface area contributed by atoms with Crippen molar-refractivity contribution in [1.82, 2.24) is 4.57 Å². The predicted molar refractivity (Wildman–Crippen MR) is 74.3 cm³/mol. The van der Waals surface area contributed by atoms with Crippen LogP contribution in [0.2, 0.25) is 15.1 Å². The van der Waals surface area contributed by atoms with E-state index in [0.29, 0.717) is 21.1 Å². The van der Waals surface area contributed by atoms with Crippen LogP contribution in [0.5, 0.6) is 0 Å². The molecule has 0 bridgehead atoms. The summed E-state index contributed by atoms with van der Waals surface area (Å²) in [5.41, 5.74) is 0.943. The minimum absolute atomic E-state index is 0.307. The van der Waals surface area contributed by atoms with Crippen molar-refractivity contribution >= 4 is 34.8 Å².